The lowest BCUT2D eigenvalue weighted by Gasteiger charge is -2.00. The van der Waals surface area contributed by atoms with Gasteiger partial charge in [-0.25, -0.2) is 14.6 Å². The van der Waals surface area contributed by atoms with Gasteiger partial charge in [-0.05, 0) is 0 Å². The van der Waals surface area contributed by atoms with Gasteiger partial charge in [0.1, 0.15) is 11.5 Å². The second-order valence-corrected chi connectivity index (χ2v) is 4.04. The highest BCUT2D eigenvalue weighted by Crippen LogP contribution is 2.23. The van der Waals surface area contributed by atoms with Crippen LogP contribution in [0.25, 0.3) is 0 Å². The summed E-state index contributed by atoms with van der Waals surface area (Å²) in [5.74, 6) is -1.12. The standard InChI is InChI=1S/C10H12N2O5S/c1-3-4-17-10(15)12-9-11-6(5-16-2)7(18-9)8(13)14/h3H,1,4-5H2,2H3,(H,13,14)(H,11,12,15). The van der Waals surface area contributed by atoms with E-state index in [1.807, 2.05) is 0 Å². The zero-order chi connectivity index (χ0) is 13.5. The molecule has 98 valence electrons. The number of hydrogen-bond donors (Lipinski definition) is 2. The molecule has 1 rings (SSSR count). The van der Waals surface area contributed by atoms with Crippen LogP contribution in [-0.4, -0.2) is 35.9 Å². The summed E-state index contributed by atoms with van der Waals surface area (Å²) >= 11 is 0.841. The molecule has 1 heterocycles. The fourth-order valence-corrected chi connectivity index (χ4v) is 1.86. The molecule has 1 aromatic rings. The molecule has 0 aromatic carbocycles. The van der Waals surface area contributed by atoms with E-state index in [2.05, 4.69) is 21.6 Å². The monoisotopic (exact) mass is 272 g/mol. The van der Waals surface area contributed by atoms with Crippen LogP contribution in [0.4, 0.5) is 9.93 Å². The molecule has 0 saturated carbocycles. The molecule has 8 heteroatoms. The summed E-state index contributed by atoms with van der Waals surface area (Å²) in [6, 6.07) is 0. The van der Waals surface area contributed by atoms with Crippen molar-refractivity contribution in [2.75, 3.05) is 19.0 Å². The summed E-state index contributed by atoms with van der Waals surface area (Å²) in [5, 5.41) is 11.4. The van der Waals surface area contributed by atoms with Gasteiger partial charge < -0.3 is 14.6 Å². The first-order chi connectivity index (χ1) is 8.58. The molecule has 1 amide bonds. The summed E-state index contributed by atoms with van der Waals surface area (Å²) in [4.78, 5) is 26.1. The van der Waals surface area contributed by atoms with E-state index < -0.39 is 12.1 Å². The van der Waals surface area contributed by atoms with E-state index in [4.69, 9.17) is 9.84 Å². The molecule has 0 fully saturated rings. The van der Waals surface area contributed by atoms with Crippen LogP contribution in [0.1, 0.15) is 15.4 Å². The van der Waals surface area contributed by atoms with E-state index in [1.165, 1.54) is 13.2 Å². The molecule has 0 atom stereocenters. The lowest BCUT2D eigenvalue weighted by molar-refractivity contribution is 0.0697. The Hall–Kier alpha value is -1.93. The Morgan fingerprint density at radius 2 is 2.33 bits per heavy atom. The van der Waals surface area contributed by atoms with E-state index in [0.29, 0.717) is 0 Å². The number of hydrogen-bond acceptors (Lipinski definition) is 6. The van der Waals surface area contributed by atoms with Crippen molar-refractivity contribution in [1.29, 1.82) is 0 Å². The molecule has 0 saturated heterocycles. The molecular formula is C10H12N2O5S. The number of amides is 1. The van der Waals surface area contributed by atoms with Crippen molar-refractivity contribution >= 4 is 28.5 Å². The van der Waals surface area contributed by atoms with Gasteiger partial charge in [0.05, 0.1) is 12.3 Å². The fourth-order valence-electron chi connectivity index (χ4n) is 1.06. The Morgan fingerprint density at radius 1 is 1.61 bits per heavy atom. The molecule has 0 aliphatic rings. The van der Waals surface area contributed by atoms with Crippen molar-refractivity contribution < 1.29 is 24.2 Å². The number of nitrogens with one attached hydrogen (secondary N) is 1. The van der Waals surface area contributed by atoms with E-state index >= 15 is 0 Å². The van der Waals surface area contributed by atoms with E-state index in [-0.39, 0.29) is 28.9 Å². The number of carbonyl (C=O) groups is 2. The number of rotatable bonds is 6. The molecule has 2 N–H and O–H groups in total. The third-order valence-electron chi connectivity index (χ3n) is 1.71. The van der Waals surface area contributed by atoms with Gasteiger partial charge in [0.25, 0.3) is 0 Å². The van der Waals surface area contributed by atoms with Gasteiger partial charge in [-0.1, -0.05) is 24.0 Å². The second kappa shape index (κ2) is 6.72. The summed E-state index contributed by atoms with van der Waals surface area (Å²) in [5.41, 5.74) is 0.258. The molecule has 0 aliphatic carbocycles. The van der Waals surface area contributed by atoms with Gasteiger partial charge in [-0.15, -0.1) is 0 Å². The Bertz CT molecular complexity index is 457. The van der Waals surface area contributed by atoms with Crippen LogP contribution < -0.4 is 5.32 Å². The number of aromatic carboxylic acids is 1. The molecule has 0 spiro atoms. The number of carboxylic acid groups (broad SMARTS) is 1. The van der Waals surface area contributed by atoms with Crippen LogP contribution in [-0.2, 0) is 16.1 Å². The molecule has 0 radical (unpaired) electrons. The van der Waals surface area contributed by atoms with Crippen molar-refractivity contribution in [2.24, 2.45) is 0 Å². The minimum Gasteiger partial charge on any atom is -0.477 e. The smallest absolute Gasteiger partial charge is 0.413 e. The average molecular weight is 272 g/mol. The van der Waals surface area contributed by atoms with Crippen molar-refractivity contribution in [1.82, 2.24) is 4.98 Å². The Kier molecular flexibility index (Phi) is 5.28. The molecule has 0 bridgehead atoms. The van der Waals surface area contributed by atoms with Gasteiger partial charge in [-0.2, -0.15) is 0 Å². The van der Waals surface area contributed by atoms with Gasteiger partial charge >= 0.3 is 12.1 Å². The zero-order valence-corrected chi connectivity index (χ0v) is 10.5. The third-order valence-corrected chi connectivity index (χ3v) is 2.71. The minimum absolute atomic E-state index is 0.0240. The topological polar surface area (TPSA) is 97.8 Å². The Balaban J connectivity index is 2.77. The maximum absolute atomic E-state index is 11.2. The highest BCUT2D eigenvalue weighted by molar-refractivity contribution is 7.17. The predicted molar refractivity (Wildman–Crippen MR) is 65.0 cm³/mol. The lowest BCUT2D eigenvalue weighted by Crippen LogP contribution is -2.13. The van der Waals surface area contributed by atoms with Crippen LogP contribution in [0.3, 0.4) is 0 Å². The highest BCUT2D eigenvalue weighted by atomic mass is 32.1. The van der Waals surface area contributed by atoms with E-state index in [9.17, 15) is 9.59 Å². The normalized spacial score (nSPS) is 9.83. The van der Waals surface area contributed by atoms with Crippen LogP contribution in [0.2, 0.25) is 0 Å². The molecule has 1 aromatic heterocycles. The first-order valence-corrected chi connectivity index (χ1v) is 5.66. The first-order valence-electron chi connectivity index (χ1n) is 4.85. The van der Waals surface area contributed by atoms with Crippen LogP contribution >= 0.6 is 11.3 Å². The lowest BCUT2D eigenvalue weighted by atomic mass is 10.4. The van der Waals surface area contributed by atoms with Gasteiger partial charge in [0.2, 0.25) is 0 Å². The number of carboxylic acids is 1. The van der Waals surface area contributed by atoms with Gasteiger partial charge in [0.15, 0.2) is 5.13 Å². The molecular weight excluding hydrogens is 260 g/mol. The predicted octanol–water partition coefficient (Wildman–Crippen LogP) is 1.72. The van der Waals surface area contributed by atoms with Crippen molar-refractivity contribution in [3.8, 4) is 0 Å². The largest absolute Gasteiger partial charge is 0.477 e. The van der Waals surface area contributed by atoms with Crippen molar-refractivity contribution in [2.45, 2.75) is 6.61 Å². The summed E-state index contributed by atoms with van der Waals surface area (Å²) in [6.45, 7) is 3.51. The minimum atomic E-state index is -1.12. The number of methoxy groups -OCH3 is 1. The van der Waals surface area contributed by atoms with Crippen LogP contribution in [0, 0.1) is 0 Å². The van der Waals surface area contributed by atoms with Crippen molar-refractivity contribution in [3.63, 3.8) is 0 Å². The second-order valence-electron chi connectivity index (χ2n) is 3.05. The SMILES string of the molecule is C=CCOC(=O)Nc1nc(COC)c(C(=O)O)s1. The van der Waals surface area contributed by atoms with Crippen molar-refractivity contribution in [3.05, 3.63) is 23.2 Å². The third kappa shape index (κ3) is 3.82. The Morgan fingerprint density at radius 3 is 2.89 bits per heavy atom. The molecule has 0 unspecified atom stereocenters. The first kappa shape index (κ1) is 14.1. The molecule has 0 aliphatic heterocycles. The van der Waals surface area contributed by atoms with Crippen LogP contribution in [0.15, 0.2) is 12.7 Å². The molecule has 7 nitrogen and oxygen atoms in total. The number of nitrogens with zero attached hydrogens (tertiary/aromatic N) is 1. The maximum Gasteiger partial charge on any atom is 0.413 e. The van der Waals surface area contributed by atoms with Gasteiger partial charge in [0, 0.05) is 7.11 Å². The Labute approximate surface area is 107 Å². The average Bonchev–Trinajstić information content (AvgIpc) is 2.70. The quantitative estimate of drug-likeness (QED) is 0.765. The summed E-state index contributed by atoms with van der Waals surface area (Å²) in [7, 11) is 1.43. The number of ether oxygens (including phenoxy) is 2. The van der Waals surface area contributed by atoms with E-state index in [1.54, 1.807) is 0 Å². The number of anilines is 1. The number of carbonyl (C=O) groups excluding carboxylic acids is 1. The van der Waals surface area contributed by atoms with E-state index in [0.717, 1.165) is 11.3 Å². The number of thiazole rings is 1. The van der Waals surface area contributed by atoms with Crippen LogP contribution in [0.5, 0.6) is 0 Å². The van der Waals surface area contributed by atoms with Gasteiger partial charge in [-0.3, -0.25) is 5.32 Å². The maximum atomic E-state index is 11.2. The molecule has 18 heavy (non-hydrogen) atoms. The zero-order valence-electron chi connectivity index (χ0n) is 9.63. The number of aromatic nitrogens is 1. The summed E-state index contributed by atoms with van der Waals surface area (Å²) in [6.07, 6.45) is 0.699. The summed E-state index contributed by atoms with van der Waals surface area (Å²) < 4.78 is 9.51. The highest BCUT2D eigenvalue weighted by Gasteiger charge is 2.18. The fraction of sp³-hybridized carbons (Fsp3) is 0.300.